The van der Waals surface area contributed by atoms with E-state index in [-0.39, 0.29) is 18.0 Å². The molecule has 2 rings (SSSR count). The van der Waals surface area contributed by atoms with Crippen LogP contribution in [0.25, 0.3) is 0 Å². The van der Waals surface area contributed by atoms with Crippen molar-refractivity contribution in [2.45, 2.75) is 6.42 Å². The van der Waals surface area contributed by atoms with E-state index >= 15 is 0 Å². The van der Waals surface area contributed by atoms with E-state index in [9.17, 15) is 18.0 Å². The van der Waals surface area contributed by atoms with E-state index in [0.29, 0.717) is 12.0 Å². The number of nitrogens with two attached hydrogens (primary N) is 1. The van der Waals surface area contributed by atoms with Crippen molar-refractivity contribution >= 4 is 17.3 Å². The first-order valence-corrected chi connectivity index (χ1v) is 7.60. The SMILES string of the molecule is C=CCc1ccc(Nc2cc(OCCO)c(F)c(F)c2C(N)=O)c(F)c1. The summed E-state index contributed by atoms with van der Waals surface area (Å²) in [7, 11) is 0. The second-order valence-electron chi connectivity index (χ2n) is 5.29. The Morgan fingerprint density at radius 2 is 1.96 bits per heavy atom. The van der Waals surface area contributed by atoms with Crippen molar-refractivity contribution in [1.29, 1.82) is 0 Å². The molecule has 2 aromatic carbocycles. The molecule has 0 atom stereocenters. The Morgan fingerprint density at radius 1 is 1.23 bits per heavy atom. The number of aliphatic hydroxyl groups excluding tert-OH is 1. The lowest BCUT2D eigenvalue weighted by molar-refractivity contribution is 0.0996. The number of anilines is 2. The Kier molecular flexibility index (Phi) is 6.24. The van der Waals surface area contributed by atoms with Crippen molar-refractivity contribution < 1.29 is 27.8 Å². The zero-order valence-corrected chi connectivity index (χ0v) is 13.7. The molecule has 1 amide bonds. The van der Waals surface area contributed by atoms with Gasteiger partial charge in [0.05, 0.1) is 18.0 Å². The standard InChI is InChI=1S/C18H17F3N2O3/c1-2-3-10-4-5-12(11(19)8-10)23-13-9-14(26-7-6-24)16(20)17(21)15(13)18(22)25/h2,4-5,8-9,23-24H,1,3,6-7H2,(H2,22,25). The molecule has 26 heavy (non-hydrogen) atoms. The lowest BCUT2D eigenvalue weighted by Gasteiger charge is -2.15. The van der Waals surface area contributed by atoms with Crippen LogP contribution in [0.4, 0.5) is 24.5 Å². The van der Waals surface area contributed by atoms with Crippen LogP contribution in [-0.2, 0) is 6.42 Å². The minimum Gasteiger partial charge on any atom is -0.488 e. The number of ether oxygens (including phenoxy) is 1. The number of hydrogen-bond donors (Lipinski definition) is 3. The molecule has 0 aromatic heterocycles. The minimum absolute atomic E-state index is 0.0700. The Morgan fingerprint density at radius 3 is 2.54 bits per heavy atom. The van der Waals surface area contributed by atoms with Crippen LogP contribution in [-0.4, -0.2) is 24.2 Å². The summed E-state index contributed by atoms with van der Waals surface area (Å²) in [5.74, 6) is -5.41. The Labute approximate surface area is 147 Å². The number of amides is 1. The largest absolute Gasteiger partial charge is 0.488 e. The summed E-state index contributed by atoms with van der Waals surface area (Å²) in [6.45, 7) is 2.84. The maximum Gasteiger partial charge on any atom is 0.253 e. The minimum atomic E-state index is -1.53. The number of benzene rings is 2. The van der Waals surface area contributed by atoms with E-state index < -0.39 is 41.3 Å². The number of carbonyl (C=O) groups excluding carboxylic acids is 1. The fourth-order valence-electron chi connectivity index (χ4n) is 2.30. The van der Waals surface area contributed by atoms with Crippen LogP contribution in [0.5, 0.6) is 5.75 Å². The predicted molar refractivity (Wildman–Crippen MR) is 91.0 cm³/mol. The predicted octanol–water partition coefficient (Wildman–Crippen LogP) is 3.05. The molecule has 0 aliphatic rings. The van der Waals surface area contributed by atoms with Gasteiger partial charge in [0, 0.05) is 6.07 Å². The van der Waals surface area contributed by atoms with E-state index in [4.69, 9.17) is 15.6 Å². The summed E-state index contributed by atoms with van der Waals surface area (Å²) in [5, 5.41) is 11.3. The van der Waals surface area contributed by atoms with Crippen LogP contribution in [0.2, 0.25) is 0 Å². The molecule has 0 bridgehead atoms. The molecule has 138 valence electrons. The number of nitrogens with one attached hydrogen (secondary N) is 1. The van der Waals surface area contributed by atoms with E-state index in [1.165, 1.54) is 12.1 Å². The maximum atomic E-state index is 14.2. The highest BCUT2D eigenvalue weighted by atomic mass is 19.2. The van der Waals surface area contributed by atoms with Crippen molar-refractivity contribution in [3.8, 4) is 5.75 Å². The molecular formula is C18H17F3N2O3. The van der Waals surface area contributed by atoms with Crippen molar-refractivity contribution in [1.82, 2.24) is 0 Å². The van der Waals surface area contributed by atoms with Gasteiger partial charge in [-0.05, 0) is 24.1 Å². The lowest BCUT2D eigenvalue weighted by atomic mass is 10.1. The van der Waals surface area contributed by atoms with Crippen LogP contribution in [0, 0.1) is 17.5 Å². The van der Waals surface area contributed by atoms with Gasteiger partial charge < -0.3 is 20.9 Å². The number of carbonyl (C=O) groups is 1. The van der Waals surface area contributed by atoms with Gasteiger partial charge in [0.2, 0.25) is 5.82 Å². The van der Waals surface area contributed by atoms with Crippen molar-refractivity contribution in [2.75, 3.05) is 18.5 Å². The van der Waals surface area contributed by atoms with Crippen LogP contribution < -0.4 is 15.8 Å². The van der Waals surface area contributed by atoms with E-state index in [2.05, 4.69) is 11.9 Å². The average Bonchev–Trinajstić information content (AvgIpc) is 2.59. The summed E-state index contributed by atoms with van der Waals surface area (Å²) in [6.07, 6.45) is 2.06. The van der Waals surface area contributed by atoms with Gasteiger partial charge >= 0.3 is 0 Å². The molecule has 0 saturated carbocycles. The summed E-state index contributed by atoms with van der Waals surface area (Å²) in [4.78, 5) is 11.5. The first-order valence-electron chi connectivity index (χ1n) is 7.60. The van der Waals surface area contributed by atoms with E-state index in [0.717, 1.165) is 6.07 Å². The third-order valence-corrected chi connectivity index (χ3v) is 3.45. The topological polar surface area (TPSA) is 84.6 Å². The van der Waals surface area contributed by atoms with Crippen LogP contribution >= 0.6 is 0 Å². The Hall–Kier alpha value is -3.00. The second-order valence-corrected chi connectivity index (χ2v) is 5.29. The number of primary amides is 1. The van der Waals surface area contributed by atoms with Crippen molar-refractivity contribution in [3.63, 3.8) is 0 Å². The van der Waals surface area contributed by atoms with Gasteiger partial charge in [-0.2, -0.15) is 4.39 Å². The molecular weight excluding hydrogens is 349 g/mol. The molecule has 8 heteroatoms. The normalized spacial score (nSPS) is 10.5. The number of aliphatic hydroxyl groups is 1. The van der Waals surface area contributed by atoms with Gasteiger partial charge in [-0.1, -0.05) is 12.1 Å². The van der Waals surface area contributed by atoms with Gasteiger partial charge in [-0.15, -0.1) is 6.58 Å². The monoisotopic (exact) mass is 366 g/mol. The van der Waals surface area contributed by atoms with Gasteiger partial charge in [0.25, 0.3) is 5.91 Å². The lowest BCUT2D eigenvalue weighted by Crippen LogP contribution is -2.18. The molecule has 0 aliphatic carbocycles. The number of hydrogen-bond acceptors (Lipinski definition) is 4. The van der Waals surface area contributed by atoms with Crippen LogP contribution in [0.1, 0.15) is 15.9 Å². The van der Waals surface area contributed by atoms with Gasteiger partial charge in [0.1, 0.15) is 18.0 Å². The van der Waals surface area contributed by atoms with Gasteiger partial charge in [-0.25, -0.2) is 8.78 Å². The van der Waals surface area contributed by atoms with E-state index in [1.807, 2.05) is 0 Å². The number of halogens is 3. The fraction of sp³-hybridized carbons (Fsp3) is 0.167. The Balaban J connectivity index is 2.48. The summed E-state index contributed by atoms with van der Waals surface area (Å²) < 4.78 is 47.3. The quantitative estimate of drug-likeness (QED) is 0.627. The average molecular weight is 366 g/mol. The summed E-state index contributed by atoms with van der Waals surface area (Å²) in [5.41, 5.74) is 4.68. The molecule has 2 aromatic rings. The maximum absolute atomic E-state index is 14.2. The third kappa shape index (κ3) is 4.15. The van der Waals surface area contributed by atoms with Crippen LogP contribution in [0.15, 0.2) is 36.9 Å². The zero-order chi connectivity index (χ0) is 19.3. The summed E-state index contributed by atoms with van der Waals surface area (Å²) >= 11 is 0. The molecule has 0 fully saturated rings. The fourth-order valence-corrected chi connectivity index (χ4v) is 2.30. The first kappa shape index (κ1) is 19.3. The van der Waals surface area contributed by atoms with Crippen molar-refractivity contribution in [3.05, 3.63) is 65.5 Å². The molecule has 0 heterocycles. The molecule has 0 spiro atoms. The molecule has 0 radical (unpaired) electrons. The molecule has 5 nitrogen and oxygen atoms in total. The first-order chi connectivity index (χ1) is 12.4. The molecule has 4 N–H and O–H groups in total. The van der Waals surface area contributed by atoms with Gasteiger partial charge in [-0.3, -0.25) is 4.79 Å². The number of rotatable bonds is 8. The smallest absolute Gasteiger partial charge is 0.253 e. The second kappa shape index (κ2) is 8.39. The third-order valence-electron chi connectivity index (χ3n) is 3.45. The Bertz CT molecular complexity index is 841. The highest BCUT2D eigenvalue weighted by molar-refractivity contribution is 6.00. The van der Waals surface area contributed by atoms with Gasteiger partial charge in [0.15, 0.2) is 11.6 Å². The van der Waals surface area contributed by atoms with Crippen LogP contribution in [0.3, 0.4) is 0 Å². The molecule has 0 aliphatic heterocycles. The zero-order valence-electron chi connectivity index (χ0n) is 13.7. The summed E-state index contributed by atoms with van der Waals surface area (Å²) in [6, 6.07) is 5.22. The highest BCUT2D eigenvalue weighted by Gasteiger charge is 2.23. The molecule has 0 saturated heterocycles. The van der Waals surface area contributed by atoms with E-state index in [1.54, 1.807) is 12.1 Å². The van der Waals surface area contributed by atoms with Crippen molar-refractivity contribution in [2.24, 2.45) is 5.73 Å². The highest BCUT2D eigenvalue weighted by Crippen LogP contribution is 2.32. The molecule has 0 unspecified atom stereocenters. The number of allylic oxidation sites excluding steroid dienone is 1.